The zero-order valence-electron chi connectivity index (χ0n) is 14.9. The minimum atomic E-state index is -0.137. The van der Waals surface area contributed by atoms with Crippen LogP contribution in [0.4, 0.5) is 10.6 Å². The summed E-state index contributed by atoms with van der Waals surface area (Å²) < 4.78 is 1.90. The number of hydrogen-bond acceptors (Lipinski definition) is 3. The van der Waals surface area contributed by atoms with E-state index in [-0.39, 0.29) is 6.03 Å². The number of aryl methyl sites for hydroxylation is 1. The summed E-state index contributed by atoms with van der Waals surface area (Å²) in [5.41, 5.74) is 2.17. The molecule has 6 nitrogen and oxygen atoms in total. The first-order valence-corrected chi connectivity index (χ1v) is 8.72. The van der Waals surface area contributed by atoms with Gasteiger partial charge in [-0.2, -0.15) is 5.10 Å². The van der Waals surface area contributed by atoms with Gasteiger partial charge in [0.25, 0.3) is 0 Å². The molecule has 132 valence electrons. The van der Waals surface area contributed by atoms with Gasteiger partial charge in [-0.25, -0.2) is 9.48 Å². The van der Waals surface area contributed by atoms with Gasteiger partial charge in [-0.05, 0) is 49.3 Å². The normalized spacial score (nSPS) is 16.6. The first-order valence-electron chi connectivity index (χ1n) is 8.72. The second-order valence-corrected chi connectivity index (χ2v) is 6.64. The van der Waals surface area contributed by atoms with Crippen molar-refractivity contribution in [2.24, 2.45) is 5.92 Å². The molecule has 2 aromatic rings. The van der Waals surface area contributed by atoms with Gasteiger partial charge in [0.1, 0.15) is 5.82 Å². The Bertz CT molecular complexity index is 752. The molecule has 0 bridgehead atoms. The van der Waals surface area contributed by atoms with E-state index in [0.717, 1.165) is 36.3 Å². The quantitative estimate of drug-likeness (QED) is 0.847. The number of amides is 2. The Morgan fingerprint density at radius 3 is 3.00 bits per heavy atom. The number of urea groups is 1. The Hall–Kier alpha value is -2.63. The van der Waals surface area contributed by atoms with Gasteiger partial charge in [-0.3, -0.25) is 10.3 Å². The average molecular weight is 339 g/mol. The van der Waals surface area contributed by atoms with Crippen molar-refractivity contribution >= 4 is 11.8 Å². The molecular formula is C19H25N5O. The van der Waals surface area contributed by atoms with Crippen molar-refractivity contribution in [2.45, 2.75) is 39.3 Å². The van der Waals surface area contributed by atoms with Crippen LogP contribution < -0.4 is 5.32 Å². The summed E-state index contributed by atoms with van der Waals surface area (Å²) in [6, 6.07) is 3.66. The van der Waals surface area contributed by atoms with E-state index in [1.54, 1.807) is 24.3 Å². The number of pyridine rings is 1. The molecule has 1 aliphatic carbocycles. The maximum Gasteiger partial charge on any atom is 0.323 e. The highest BCUT2D eigenvalue weighted by Crippen LogP contribution is 2.21. The van der Waals surface area contributed by atoms with E-state index in [1.807, 2.05) is 29.9 Å². The van der Waals surface area contributed by atoms with Crippen molar-refractivity contribution in [1.82, 2.24) is 19.7 Å². The lowest BCUT2D eigenvalue weighted by Gasteiger charge is -2.21. The van der Waals surface area contributed by atoms with Crippen LogP contribution in [0, 0.1) is 12.8 Å². The number of anilines is 1. The smallest absolute Gasteiger partial charge is 0.323 e. The van der Waals surface area contributed by atoms with E-state index in [4.69, 9.17) is 0 Å². The topological polar surface area (TPSA) is 63.1 Å². The highest BCUT2D eigenvalue weighted by atomic mass is 16.2. The van der Waals surface area contributed by atoms with Crippen molar-refractivity contribution in [1.29, 1.82) is 0 Å². The SMILES string of the molecule is Cc1cnccc1CN(C)C(=O)Nc1ccnn1CC1CC=CCC1. The number of nitrogens with one attached hydrogen (secondary N) is 1. The molecule has 1 atom stereocenters. The fourth-order valence-corrected chi connectivity index (χ4v) is 3.06. The highest BCUT2D eigenvalue weighted by Gasteiger charge is 2.16. The van der Waals surface area contributed by atoms with Crippen molar-refractivity contribution in [3.8, 4) is 0 Å². The zero-order chi connectivity index (χ0) is 17.6. The van der Waals surface area contributed by atoms with E-state index in [2.05, 4.69) is 27.6 Å². The minimum Gasteiger partial charge on any atom is -0.323 e. The molecule has 0 fully saturated rings. The second-order valence-electron chi connectivity index (χ2n) is 6.64. The van der Waals surface area contributed by atoms with Gasteiger partial charge in [-0.15, -0.1) is 0 Å². The lowest BCUT2D eigenvalue weighted by molar-refractivity contribution is 0.220. The number of rotatable bonds is 5. The van der Waals surface area contributed by atoms with Crippen molar-refractivity contribution < 1.29 is 4.79 Å². The van der Waals surface area contributed by atoms with Crippen molar-refractivity contribution in [2.75, 3.05) is 12.4 Å². The molecule has 0 saturated carbocycles. The summed E-state index contributed by atoms with van der Waals surface area (Å²) in [5.74, 6) is 1.33. The maximum absolute atomic E-state index is 12.5. The molecule has 0 aliphatic heterocycles. The summed E-state index contributed by atoms with van der Waals surface area (Å²) in [7, 11) is 1.79. The van der Waals surface area contributed by atoms with Crippen molar-refractivity contribution in [3.63, 3.8) is 0 Å². The monoisotopic (exact) mass is 339 g/mol. The van der Waals surface area contributed by atoms with Crippen LogP contribution in [0.2, 0.25) is 0 Å². The first kappa shape index (κ1) is 17.2. The predicted octanol–water partition coefficient (Wildman–Crippen LogP) is 3.61. The van der Waals surface area contributed by atoms with Gasteiger partial charge in [-0.1, -0.05) is 12.2 Å². The number of nitrogens with zero attached hydrogens (tertiary/aromatic N) is 4. The molecule has 0 radical (unpaired) electrons. The third kappa shape index (κ3) is 4.47. The molecule has 3 rings (SSSR count). The number of hydrogen-bond donors (Lipinski definition) is 1. The maximum atomic E-state index is 12.5. The Balaban J connectivity index is 1.60. The summed E-state index contributed by atoms with van der Waals surface area (Å²) in [6.07, 6.45) is 13.2. The Morgan fingerprint density at radius 1 is 1.36 bits per heavy atom. The molecule has 25 heavy (non-hydrogen) atoms. The van der Waals surface area contributed by atoms with Crippen molar-refractivity contribution in [3.05, 3.63) is 54.0 Å². The fourth-order valence-electron chi connectivity index (χ4n) is 3.06. The summed E-state index contributed by atoms with van der Waals surface area (Å²) in [5, 5.41) is 7.35. The van der Waals surface area contributed by atoms with Gasteiger partial charge in [0.2, 0.25) is 0 Å². The van der Waals surface area contributed by atoms with E-state index in [0.29, 0.717) is 12.5 Å². The fraction of sp³-hybridized carbons (Fsp3) is 0.421. The Kier molecular flexibility index (Phi) is 5.48. The van der Waals surface area contributed by atoms with E-state index in [9.17, 15) is 4.79 Å². The number of allylic oxidation sites excluding steroid dienone is 2. The van der Waals surface area contributed by atoms with Crippen LogP contribution >= 0.6 is 0 Å². The van der Waals surface area contributed by atoms with Crippen LogP contribution in [-0.4, -0.2) is 32.7 Å². The van der Waals surface area contributed by atoms with E-state index < -0.39 is 0 Å². The van der Waals surface area contributed by atoms with Gasteiger partial charge in [0.15, 0.2) is 0 Å². The van der Waals surface area contributed by atoms with Gasteiger partial charge >= 0.3 is 6.03 Å². The third-order valence-electron chi connectivity index (χ3n) is 4.65. The predicted molar refractivity (Wildman–Crippen MR) is 98.2 cm³/mol. The number of aromatic nitrogens is 3. The lowest BCUT2D eigenvalue weighted by atomic mass is 9.94. The summed E-state index contributed by atoms with van der Waals surface area (Å²) in [6.45, 7) is 3.38. The zero-order valence-corrected chi connectivity index (χ0v) is 14.9. The van der Waals surface area contributed by atoms with Gasteiger partial charge in [0.05, 0.1) is 6.20 Å². The molecule has 2 heterocycles. The molecule has 6 heteroatoms. The minimum absolute atomic E-state index is 0.137. The van der Waals surface area contributed by atoms with E-state index >= 15 is 0 Å². The molecule has 1 aliphatic rings. The molecule has 0 spiro atoms. The molecule has 2 aromatic heterocycles. The molecule has 0 saturated heterocycles. The lowest BCUT2D eigenvalue weighted by Crippen LogP contribution is -2.32. The van der Waals surface area contributed by atoms with Crippen LogP contribution in [0.3, 0.4) is 0 Å². The summed E-state index contributed by atoms with van der Waals surface area (Å²) in [4.78, 5) is 18.3. The number of carbonyl (C=O) groups excluding carboxylic acids is 1. The van der Waals surface area contributed by atoms with E-state index in [1.165, 1.54) is 6.42 Å². The van der Waals surface area contributed by atoms with Crippen LogP contribution in [0.15, 0.2) is 42.9 Å². The molecule has 1 unspecified atom stereocenters. The van der Waals surface area contributed by atoms with Gasteiger partial charge < -0.3 is 4.90 Å². The Morgan fingerprint density at radius 2 is 2.24 bits per heavy atom. The standard InChI is InChI=1S/C19H25N5O/c1-15-12-20-10-8-17(15)14-23(2)19(25)22-18-9-11-21-24(18)13-16-6-4-3-5-7-16/h3-4,8-12,16H,5-7,13-14H2,1-2H3,(H,22,25). The highest BCUT2D eigenvalue weighted by molar-refractivity contribution is 5.88. The van der Waals surface area contributed by atoms with Crippen LogP contribution in [0.5, 0.6) is 0 Å². The second kappa shape index (κ2) is 7.96. The van der Waals surface area contributed by atoms with Crippen LogP contribution in [0.25, 0.3) is 0 Å². The average Bonchev–Trinajstić information content (AvgIpc) is 3.04. The number of carbonyl (C=O) groups is 1. The Labute approximate surface area is 148 Å². The largest absolute Gasteiger partial charge is 0.323 e. The molecule has 0 aromatic carbocycles. The molecule has 2 amide bonds. The van der Waals surface area contributed by atoms with Gasteiger partial charge in [0, 0.05) is 38.6 Å². The molecular weight excluding hydrogens is 314 g/mol. The molecule has 1 N–H and O–H groups in total. The summed E-state index contributed by atoms with van der Waals surface area (Å²) >= 11 is 0. The third-order valence-corrected chi connectivity index (χ3v) is 4.65. The van der Waals surface area contributed by atoms with Crippen LogP contribution in [-0.2, 0) is 13.1 Å². The first-order chi connectivity index (χ1) is 12.1. The van der Waals surface area contributed by atoms with Crippen LogP contribution in [0.1, 0.15) is 30.4 Å².